The lowest BCUT2D eigenvalue weighted by molar-refractivity contribution is -0.137. The van der Waals surface area contributed by atoms with E-state index >= 15 is 0 Å². The van der Waals surface area contributed by atoms with Crippen LogP contribution in [-0.4, -0.2) is 54.3 Å². The van der Waals surface area contributed by atoms with Crippen molar-refractivity contribution < 1.29 is 14.0 Å². The molecule has 0 bridgehead atoms. The van der Waals surface area contributed by atoms with Crippen molar-refractivity contribution in [3.63, 3.8) is 0 Å². The number of hydrogen-bond donors (Lipinski definition) is 0. The number of nitrogens with zero attached hydrogens (tertiary/aromatic N) is 3. The fourth-order valence-corrected chi connectivity index (χ4v) is 5.29. The molecule has 2 saturated heterocycles. The van der Waals surface area contributed by atoms with Crippen LogP contribution in [0.1, 0.15) is 23.6 Å². The summed E-state index contributed by atoms with van der Waals surface area (Å²) in [7, 11) is 0. The van der Waals surface area contributed by atoms with Crippen LogP contribution in [0.2, 0.25) is 5.02 Å². The number of carbonyl (C=O) groups excluding carboxylic acids is 2. The molecule has 0 radical (unpaired) electrons. The first-order chi connectivity index (χ1) is 17.0. The molecule has 0 N–H and O–H groups in total. The molecule has 180 valence electrons. The van der Waals surface area contributed by atoms with Gasteiger partial charge in [0.2, 0.25) is 11.8 Å². The summed E-state index contributed by atoms with van der Waals surface area (Å²) in [5.41, 5.74) is 2.98. The molecule has 7 heteroatoms. The molecule has 1 atom stereocenters. The topological polar surface area (TPSA) is 43.9 Å². The van der Waals surface area contributed by atoms with Crippen LogP contribution in [0.25, 0.3) is 0 Å². The second-order valence-corrected chi connectivity index (χ2v) is 9.50. The largest absolute Gasteiger partial charge is 0.340 e. The van der Waals surface area contributed by atoms with Gasteiger partial charge in [-0.1, -0.05) is 72.3 Å². The molecule has 2 heterocycles. The minimum atomic E-state index is -0.531. The zero-order chi connectivity index (χ0) is 24.4. The molecule has 2 fully saturated rings. The number of carbonyl (C=O) groups is 2. The van der Waals surface area contributed by atoms with Gasteiger partial charge in [0.15, 0.2) is 0 Å². The van der Waals surface area contributed by atoms with E-state index in [1.807, 2.05) is 17.0 Å². The van der Waals surface area contributed by atoms with Crippen LogP contribution >= 0.6 is 11.6 Å². The lowest BCUT2D eigenvalue weighted by Crippen LogP contribution is -2.51. The Balaban J connectivity index is 1.25. The summed E-state index contributed by atoms with van der Waals surface area (Å²) in [4.78, 5) is 31.8. The highest BCUT2D eigenvalue weighted by molar-refractivity contribution is 6.31. The standard InChI is InChI=1S/C28H27ClFN3O2/c29-24-18-23(11-12-25(24)30)33-19-22(17-26(33)34)28(35)32-15-13-31(14-16-32)27(20-7-3-1-4-8-20)21-9-5-2-6-10-21/h1-12,18,22,27H,13-17,19H2. The van der Waals surface area contributed by atoms with E-state index < -0.39 is 11.7 Å². The Morgan fingerprint density at radius 1 is 0.886 bits per heavy atom. The van der Waals surface area contributed by atoms with Crippen LogP contribution < -0.4 is 4.90 Å². The van der Waals surface area contributed by atoms with Crippen molar-refractivity contribution in [3.05, 3.63) is 101 Å². The van der Waals surface area contributed by atoms with Crippen LogP contribution in [0.5, 0.6) is 0 Å². The molecular weight excluding hydrogens is 465 g/mol. The molecule has 5 nitrogen and oxygen atoms in total. The first-order valence-electron chi connectivity index (χ1n) is 11.9. The van der Waals surface area contributed by atoms with Crippen molar-refractivity contribution >= 4 is 29.1 Å². The number of rotatable bonds is 5. The van der Waals surface area contributed by atoms with E-state index in [9.17, 15) is 14.0 Å². The third-order valence-corrected chi connectivity index (χ3v) is 7.20. The predicted octanol–water partition coefficient (Wildman–Crippen LogP) is 4.77. The van der Waals surface area contributed by atoms with Gasteiger partial charge in [-0.15, -0.1) is 0 Å². The lowest BCUT2D eigenvalue weighted by atomic mass is 9.96. The molecule has 0 saturated carbocycles. The Morgan fingerprint density at radius 2 is 1.49 bits per heavy atom. The van der Waals surface area contributed by atoms with Crippen molar-refractivity contribution in [2.75, 3.05) is 37.6 Å². The van der Waals surface area contributed by atoms with Gasteiger partial charge in [0, 0.05) is 44.8 Å². The average Bonchev–Trinajstić information content (AvgIpc) is 3.29. The number of anilines is 1. The summed E-state index contributed by atoms with van der Waals surface area (Å²) >= 11 is 5.90. The van der Waals surface area contributed by atoms with Crippen molar-refractivity contribution in [2.24, 2.45) is 5.92 Å². The number of amides is 2. The van der Waals surface area contributed by atoms with Crippen LogP contribution in [0.15, 0.2) is 78.9 Å². The van der Waals surface area contributed by atoms with E-state index in [1.165, 1.54) is 34.2 Å². The molecule has 0 aliphatic carbocycles. The molecule has 2 aliphatic heterocycles. The molecule has 3 aromatic carbocycles. The average molecular weight is 492 g/mol. The summed E-state index contributed by atoms with van der Waals surface area (Å²) in [6, 6.07) is 25.2. The van der Waals surface area contributed by atoms with E-state index in [4.69, 9.17) is 11.6 Å². The van der Waals surface area contributed by atoms with Gasteiger partial charge in [-0.05, 0) is 29.3 Å². The monoisotopic (exact) mass is 491 g/mol. The fraction of sp³-hybridized carbons (Fsp3) is 0.286. The van der Waals surface area contributed by atoms with E-state index in [-0.39, 0.29) is 35.8 Å². The Labute approximate surface area is 209 Å². The van der Waals surface area contributed by atoms with Gasteiger partial charge in [-0.2, -0.15) is 0 Å². The van der Waals surface area contributed by atoms with Gasteiger partial charge in [0.25, 0.3) is 0 Å². The number of halogens is 2. The minimum absolute atomic E-state index is 0.00433. The third kappa shape index (κ3) is 4.95. The molecule has 2 amide bonds. The quantitative estimate of drug-likeness (QED) is 0.516. The Hall–Kier alpha value is -3.22. The SMILES string of the molecule is O=C(C1CC(=O)N(c2ccc(F)c(Cl)c2)C1)N1CCN(C(c2ccccc2)c2ccccc2)CC1. The van der Waals surface area contributed by atoms with E-state index in [0.717, 1.165) is 13.1 Å². The Morgan fingerprint density at radius 3 is 2.06 bits per heavy atom. The Kier molecular flexibility index (Phi) is 6.84. The van der Waals surface area contributed by atoms with E-state index in [0.29, 0.717) is 18.8 Å². The van der Waals surface area contributed by atoms with Gasteiger partial charge < -0.3 is 9.80 Å². The highest BCUT2D eigenvalue weighted by Crippen LogP contribution is 2.32. The molecule has 0 spiro atoms. The number of hydrogen-bond acceptors (Lipinski definition) is 3. The van der Waals surface area contributed by atoms with E-state index in [1.54, 1.807) is 0 Å². The Bertz CT molecular complexity index is 1160. The zero-order valence-corrected chi connectivity index (χ0v) is 20.1. The van der Waals surface area contributed by atoms with Crippen LogP contribution in [-0.2, 0) is 9.59 Å². The molecule has 1 unspecified atom stereocenters. The summed E-state index contributed by atoms with van der Waals surface area (Å²) in [6.07, 6.45) is 0.157. The van der Waals surface area contributed by atoms with Crippen molar-refractivity contribution in [3.8, 4) is 0 Å². The maximum absolute atomic E-state index is 13.5. The van der Waals surface area contributed by atoms with Gasteiger partial charge in [-0.25, -0.2) is 4.39 Å². The lowest BCUT2D eigenvalue weighted by Gasteiger charge is -2.40. The molecule has 35 heavy (non-hydrogen) atoms. The maximum Gasteiger partial charge on any atom is 0.228 e. The fourth-order valence-electron chi connectivity index (χ4n) is 5.12. The van der Waals surface area contributed by atoms with Crippen LogP contribution in [0.3, 0.4) is 0 Å². The predicted molar refractivity (Wildman–Crippen MR) is 135 cm³/mol. The summed E-state index contributed by atoms with van der Waals surface area (Å²) < 4.78 is 13.5. The molecular formula is C28H27ClFN3O2. The van der Waals surface area contributed by atoms with Crippen molar-refractivity contribution in [2.45, 2.75) is 12.5 Å². The number of piperazine rings is 1. The zero-order valence-electron chi connectivity index (χ0n) is 19.3. The minimum Gasteiger partial charge on any atom is -0.340 e. The van der Waals surface area contributed by atoms with Crippen LogP contribution in [0.4, 0.5) is 10.1 Å². The summed E-state index contributed by atoms with van der Waals surface area (Å²) in [6.45, 7) is 3.01. The summed E-state index contributed by atoms with van der Waals surface area (Å²) in [5.74, 6) is -1.07. The van der Waals surface area contributed by atoms with Crippen molar-refractivity contribution in [1.82, 2.24) is 9.80 Å². The van der Waals surface area contributed by atoms with Gasteiger partial charge >= 0.3 is 0 Å². The third-order valence-electron chi connectivity index (χ3n) is 6.91. The smallest absolute Gasteiger partial charge is 0.228 e. The normalized spacial score (nSPS) is 18.9. The van der Waals surface area contributed by atoms with E-state index in [2.05, 4.69) is 53.4 Å². The molecule has 5 rings (SSSR count). The van der Waals surface area contributed by atoms with Crippen molar-refractivity contribution in [1.29, 1.82) is 0 Å². The molecule has 0 aromatic heterocycles. The second-order valence-electron chi connectivity index (χ2n) is 9.09. The first kappa shape index (κ1) is 23.5. The number of benzene rings is 3. The summed E-state index contributed by atoms with van der Waals surface area (Å²) in [5, 5.41) is -0.0346. The molecule has 2 aliphatic rings. The molecule has 3 aromatic rings. The van der Waals surface area contributed by atoms with Gasteiger partial charge in [0.05, 0.1) is 17.0 Å². The highest BCUT2D eigenvalue weighted by Gasteiger charge is 2.38. The maximum atomic E-state index is 13.5. The van der Waals surface area contributed by atoms with Gasteiger partial charge in [0.1, 0.15) is 5.82 Å². The van der Waals surface area contributed by atoms with Crippen LogP contribution in [0, 0.1) is 11.7 Å². The second kappa shape index (κ2) is 10.2. The first-order valence-corrected chi connectivity index (χ1v) is 12.3. The highest BCUT2D eigenvalue weighted by atomic mass is 35.5. The van der Waals surface area contributed by atoms with Gasteiger partial charge in [-0.3, -0.25) is 14.5 Å².